The van der Waals surface area contributed by atoms with Crippen molar-refractivity contribution in [2.75, 3.05) is 7.11 Å². The highest BCUT2D eigenvalue weighted by molar-refractivity contribution is 9.10. The van der Waals surface area contributed by atoms with Gasteiger partial charge in [-0.1, -0.05) is 84.2 Å². The van der Waals surface area contributed by atoms with E-state index >= 15 is 0 Å². The zero-order valence-corrected chi connectivity index (χ0v) is 30.8. The van der Waals surface area contributed by atoms with Crippen LogP contribution in [0.5, 0.6) is 5.75 Å². The first-order valence-corrected chi connectivity index (χ1v) is 17.2. The number of aliphatic hydroxyl groups excluding tert-OH is 1. The molecule has 8 nitrogen and oxygen atoms in total. The highest BCUT2D eigenvalue weighted by Gasteiger charge is 2.14. The van der Waals surface area contributed by atoms with E-state index in [4.69, 9.17) is 9.84 Å². The van der Waals surface area contributed by atoms with Crippen LogP contribution in [0.4, 0.5) is 0 Å². The molecule has 0 aliphatic rings. The molecule has 0 spiro atoms. The summed E-state index contributed by atoms with van der Waals surface area (Å²) in [6, 6.07) is 30.8. The van der Waals surface area contributed by atoms with E-state index in [1.54, 1.807) is 39.4 Å². The van der Waals surface area contributed by atoms with Gasteiger partial charge in [0.15, 0.2) is 0 Å². The molecule has 0 aliphatic heterocycles. The van der Waals surface area contributed by atoms with Gasteiger partial charge in [-0.05, 0) is 91.2 Å². The fraction of sp³-hybridized carbons (Fsp3) is 0.167. The second-order valence-corrected chi connectivity index (χ2v) is 13.6. The number of ether oxygens (including phenoxy) is 1. The Balaban J connectivity index is 0.000000176. The molecule has 11 heteroatoms. The number of methoxy groups -OCH3 is 1. The number of halogens is 3. The summed E-state index contributed by atoms with van der Waals surface area (Å²) in [5.41, 5.74) is 4.71. The van der Waals surface area contributed by atoms with Gasteiger partial charge >= 0.3 is 11.4 Å². The molecule has 2 aromatic heterocycles. The Hall–Kier alpha value is -3.90. The van der Waals surface area contributed by atoms with Crippen LogP contribution in [0.15, 0.2) is 140 Å². The van der Waals surface area contributed by atoms with Crippen LogP contribution in [-0.4, -0.2) is 30.9 Å². The Labute approximate surface area is 298 Å². The molecule has 244 valence electrons. The van der Waals surface area contributed by atoms with Gasteiger partial charge in [-0.15, -0.1) is 0 Å². The fourth-order valence-electron chi connectivity index (χ4n) is 4.61. The van der Waals surface area contributed by atoms with Crippen LogP contribution in [0.3, 0.4) is 0 Å². The lowest BCUT2D eigenvalue weighted by atomic mass is 10.1. The van der Waals surface area contributed by atoms with Gasteiger partial charge in [-0.2, -0.15) is 0 Å². The Kier molecular flexibility index (Phi) is 13.2. The molecular weight excluding hydrogens is 792 g/mol. The minimum Gasteiger partial charge on any atom is -0.497 e. The lowest BCUT2D eigenvalue weighted by Gasteiger charge is -2.14. The third kappa shape index (κ3) is 9.80. The Bertz CT molecular complexity index is 1980. The van der Waals surface area contributed by atoms with Crippen molar-refractivity contribution in [2.45, 2.75) is 31.3 Å². The first-order chi connectivity index (χ1) is 22.6. The lowest BCUT2D eigenvalue weighted by Crippen LogP contribution is -2.25. The van der Waals surface area contributed by atoms with E-state index in [-0.39, 0.29) is 24.0 Å². The predicted octanol–water partition coefficient (Wildman–Crippen LogP) is 8.58. The molecule has 6 rings (SSSR count). The smallest absolute Gasteiger partial charge is 0.333 e. The number of hydrogen-bond donors (Lipinski definition) is 2. The maximum absolute atomic E-state index is 12.7. The fourth-order valence-corrected chi connectivity index (χ4v) is 5.42. The molecule has 0 saturated carbocycles. The molecule has 0 fully saturated rings. The number of imidazole rings is 2. The molecule has 2 heterocycles. The molecule has 47 heavy (non-hydrogen) atoms. The first-order valence-electron chi connectivity index (χ1n) is 14.7. The average molecular weight is 827 g/mol. The summed E-state index contributed by atoms with van der Waals surface area (Å²) in [5.74, 6) is 0.787. The largest absolute Gasteiger partial charge is 0.497 e. The Morgan fingerprint density at radius 2 is 1.36 bits per heavy atom. The second kappa shape index (κ2) is 17.3. The van der Waals surface area contributed by atoms with Gasteiger partial charge in [-0.3, -0.25) is 13.7 Å². The van der Waals surface area contributed by atoms with Gasteiger partial charge in [0.2, 0.25) is 0 Å². The van der Waals surface area contributed by atoms with Gasteiger partial charge in [0.25, 0.3) is 0 Å². The van der Waals surface area contributed by atoms with E-state index < -0.39 is 0 Å². The lowest BCUT2D eigenvalue weighted by molar-refractivity contribution is 0.281. The number of nitrogens with zero attached hydrogens (tertiary/aromatic N) is 3. The Morgan fingerprint density at radius 3 is 1.91 bits per heavy atom. The van der Waals surface area contributed by atoms with Gasteiger partial charge < -0.3 is 14.8 Å². The number of benzene rings is 4. The first kappa shape index (κ1) is 35.9. The number of hydrogen-bond acceptors (Lipinski definition) is 4. The van der Waals surface area contributed by atoms with Crippen molar-refractivity contribution in [1.29, 1.82) is 0 Å². The quantitative estimate of drug-likeness (QED) is 0.158. The molecular formula is C36H35Br3N4O4. The number of H-pyrrole nitrogens is 1. The summed E-state index contributed by atoms with van der Waals surface area (Å²) in [6.45, 7) is 4.19. The van der Waals surface area contributed by atoms with Crippen LogP contribution in [-0.2, 0) is 6.61 Å². The molecule has 0 radical (unpaired) electrons. The number of alkyl halides is 1. The monoisotopic (exact) mass is 824 g/mol. The Morgan fingerprint density at radius 1 is 0.766 bits per heavy atom. The molecule has 2 atom stereocenters. The van der Waals surface area contributed by atoms with E-state index in [1.807, 2.05) is 110 Å². The van der Waals surface area contributed by atoms with E-state index in [0.29, 0.717) is 4.83 Å². The van der Waals surface area contributed by atoms with Crippen molar-refractivity contribution in [3.05, 3.63) is 168 Å². The molecule has 0 saturated heterocycles. The summed E-state index contributed by atoms with van der Waals surface area (Å²) in [6.07, 6.45) is 6.92. The van der Waals surface area contributed by atoms with Crippen LogP contribution in [0, 0.1) is 0 Å². The number of rotatable bonds is 7. The normalized spacial score (nSPS) is 11.8. The van der Waals surface area contributed by atoms with Crippen LogP contribution in [0.2, 0.25) is 0 Å². The number of aliphatic hydroxyl groups is 1. The van der Waals surface area contributed by atoms with E-state index in [9.17, 15) is 9.59 Å². The van der Waals surface area contributed by atoms with Gasteiger partial charge in [-0.25, -0.2) is 9.59 Å². The SMILES string of the molecule is CC(Br)c1cccc(CO)c1.COc1cccc(C(C)n2ccn(-c3ccc(Br)cc3)c2=O)c1.O=c1[nH]ccn1-c1ccc(Br)cc1. The number of nitrogens with one attached hydrogen (secondary N) is 1. The highest BCUT2D eigenvalue weighted by Crippen LogP contribution is 2.23. The zero-order valence-electron chi connectivity index (χ0n) is 26.1. The molecule has 4 aromatic carbocycles. The molecule has 6 aromatic rings. The van der Waals surface area contributed by atoms with E-state index in [1.165, 1.54) is 5.56 Å². The van der Waals surface area contributed by atoms with Gasteiger partial charge in [0, 0.05) is 38.6 Å². The molecule has 0 amide bonds. The van der Waals surface area contributed by atoms with Crippen molar-refractivity contribution in [2.24, 2.45) is 0 Å². The predicted molar refractivity (Wildman–Crippen MR) is 198 cm³/mol. The summed E-state index contributed by atoms with van der Waals surface area (Å²) >= 11 is 10.2. The minimum atomic E-state index is -0.123. The average Bonchev–Trinajstić information content (AvgIpc) is 3.70. The van der Waals surface area contributed by atoms with E-state index in [0.717, 1.165) is 37.2 Å². The highest BCUT2D eigenvalue weighted by atomic mass is 79.9. The molecule has 2 N–H and O–H groups in total. The summed E-state index contributed by atoms with van der Waals surface area (Å²) in [5, 5.41) is 8.83. The maximum atomic E-state index is 12.7. The topological polar surface area (TPSA) is 94.2 Å². The minimum absolute atomic E-state index is 0.0670. The van der Waals surface area contributed by atoms with Crippen LogP contribution in [0.25, 0.3) is 11.4 Å². The summed E-state index contributed by atoms with van der Waals surface area (Å²) in [4.78, 5) is 26.8. The van der Waals surface area contributed by atoms with Gasteiger partial charge in [0.05, 0.1) is 31.1 Å². The third-order valence-corrected chi connectivity index (χ3v) is 8.83. The van der Waals surface area contributed by atoms with Crippen molar-refractivity contribution < 1.29 is 9.84 Å². The second-order valence-electron chi connectivity index (χ2n) is 10.4. The van der Waals surface area contributed by atoms with Crippen molar-refractivity contribution in [3.63, 3.8) is 0 Å². The van der Waals surface area contributed by atoms with Crippen molar-refractivity contribution >= 4 is 47.8 Å². The standard InChI is InChI=1S/C18H17BrN2O2.C9H7BrN2O.C9H11BrO/c1-13(14-4-3-5-17(12-14)23-2)20-10-11-21(18(20)22)16-8-6-15(19)7-9-16;10-7-1-3-8(4-2-7)12-6-5-11-9(12)13;1-7(10)9-4-2-3-8(5-9)6-11/h3-13H,1-2H3;1-6H,(H,11,13);2-5,7,11H,6H2,1H3. The molecule has 0 aliphatic carbocycles. The molecule has 2 unspecified atom stereocenters. The van der Waals surface area contributed by atoms with Crippen LogP contribution < -0.4 is 16.1 Å². The summed E-state index contributed by atoms with van der Waals surface area (Å²) < 4.78 is 12.2. The molecule has 0 bridgehead atoms. The van der Waals surface area contributed by atoms with Crippen LogP contribution >= 0.6 is 47.8 Å². The van der Waals surface area contributed by atoms with Crippen LogP contribution in [0.1, 0.15) is 41.4 Å². The number of aromatic nitrogens is 4. The third-order valence-electron chi connectivity index (χ3n) is 7.25. The zero-order chi connectivity index (χ0) is 33.9. The van der Waals surface area contributed by atoms with E-state index in [2.05, 4.69) is 59.7 Å². The maximum Gasteiger partial charge on any atom is 0.333 e. The van der Waals surface area contributed by atoms with Crippen molar-refractivity contribution in [1.82, 2.24) is 18.7 Å². The van der Waals surface area contributed by atoms with Gasteiger partial charge in [0.1, 0.15) is 5.75 Å². The van der Waals surface area contributed by atoms with Crippen molar-refractivity contribution in [3.8, 4) is 17.1 Å². The number of aromatic amines is 1. The summed E-state index contributed by atoms with van der Waals surface area (Å²) in [7, 11) is 1.64.